The number of anilines is 3. The molecule has 15 heteroatoms. The second-order valence-electron chi connectivity index (χ2n) is 12.7. The molecule has 0 bridgehead atoms. The molecule has 0 radical (unpaired) electrons. The van der Waals surface area contributed by atoms with E-state index < -0.39 is 52.4 Å². The molecule has 7 rings (SSSR count). The molecule has 1 aliphatic rings. The van der Waals surface area contributed by atoms with E-state index in [1.54, 1.807) is 91.0 Å². The van der Waals surface area contributed by atoms with Crippen LogP contribution in [0.25, 0.3) is 17.3 Å². The first-order valence-corrected chi connectivity index (χ1v) is 17.8. The van der Waals surface area contributed by atoms with E-state index in [0.29, 0.717) is 28.0 Å². The maximum Gasteiger partial charge on any atom is 0.335 e. The van der Waals surface area contributed by atoms with Crippen molar-refractivity contribution in [2.45, 2.75) is 0 Å². The topological polar surface area (TPSA) is 213 Å². The van der Waals surface area contributed by atoms with Crippen molar-refractivity contribution in [2.75, 3.05) is 15.5 Å². The minimum Gasteiger partial charge on any atom is -0.494 e. The third kappa shape index (κ3) is 8.58. The number of aromatic nitrogens is 3. The van der Waals surface area contributed by atoms with Gasteiger partial charge in [0.1, 0.15) is 11.1 Å². The summed E-state index contributed by atoms with van der Waals surface area (Å²) in [7, 11) is 0. The molecule has 1 aliphatic heterocycles. The van der Waals surface area contributed by atoms with Crippen LogP contribution in [0.15, 0.2) is 167 Å². The molecule has 1 fully saturated rings. The Bertz CT molecular complexity index is 2850. The summed E-state index contributed by atoms with van der Waals surface area (Å²) in [5.74, 6) is -3.48. The van der Waals surface area contributed by atoms with Crippen LogP contribution in [0, 0.1) is 0 Å². The molecular formula is C44H31N7O8. The van der Waals surface area contributed by atoms with Crippen molar-refractivity contribution in [3.05, 3.63) is 201 Å². The lowest BCUT2D eigenvalue weighted by Gasteiger charge is -2.26. The Labute approximate surface area is 334 Å². The van der Waals surface area contributed by atoms with Crippen LogP contribution in [0.5, 0.6) is 5.88 Å². The van der Waals surface area contributed by atoms with Gasteiger partial charge in [0, 0.05) is 34.9 Å². The first-order chi connectivity index (χ1) is 28.6. The number of nitrogens with one attached hydrogen (secondary N) is 4. The Morgan fingerprint density at radius 3 is 1.86 bits per heavy atom. The van der Waals surface area contributed by atoms with E-state index in [-0.39, 0.29) is 22.6 Å². The van der Waals surface area contributed by atoms with E-state index in [4.69, 9.17) is 0 Å². The van der Waals surface area contributed by atoms with Crippen LogP contribution in [0.2, 0.25) is 0 Å². The smallest absolute Gasteiger partial charge is 0.335 e. The van der Waals surface area contributed by atoms with Gasteiger partial charge in [0.2, 0.25) is 5.88 Å². The van der Waals surface area contributed by atoms with E-state index in [1.165, 1.54) is 67.0 Å². The number of hydrogen-bond acceptors (Lipinski definition) is 9. The predicted molar refractivity (Wildman–Crippen MR) is 220 cm³/mol. The molecule has 0 atom stereocenters. The zero-order chi connectivity index (χ0) is 41.5. The quantitative estimate of drug-likeness (QED) is 0.0679. The van der Waals surface area contributed by atoms with Crippen LogP contribution in [0.1, 0.15) is 31.8 Å². The van der Waals surface area contributed by atoms with Crippen molar-refractivity contribution in [3.63, 3.8) is 0 Å². The molecule has 0 aliphatic carbocycles. The molecule has 4 aromatic carbocycles. The van der Waals surface area contributed by atoms with E-state index >= 15 is 0 Å². The van der Waals surface area contributed by atoms with Crippen molar-refractivity contribution in [2.24, 2.45) is 0 Å². The normalized spacial score (nSPS) is 13.7. The van der Waals surface area contributed by atoms with Crippen molar-refractivity contribution in [1.82, 2.24) is 19.9 Å². The molecule has 290 valence electrons. The minimum atomic E-state index is -1.00. The molecule has 5 N–H and O–H groups in total. The number of aromatic hydroxyl groups is 1. The summed E-state index contributed by atoms with van der Waals surface area (Å²) in [6.07, 6.45) is 8.21. The molecule has 59 heavy (non-hydrogen) atoms. The second-order valence-corrected chi connectivity index (χ2v) is 12.7. The molecule has 0 saturated carbocycles. The van der Waals surface area contributed by atoms with Gasteiger partial charge >= 0.3 is 11.7 Å². The van der Waals surface area contributed by atoms with Crippen LogP contribution < -0.4 is 32.1 Å². The average Bonchev–Trinajstić information content (AvgIpc) is 3.23. The SMILES string of the molecule is O=C1NC(=O)N(c2cccc(NC(=O)c3ccccc3)c2)C(=O)\C1=C/C=C(/C=C/c1c(O)[nH]c(=O)n(-c2cccc(NC(=O)c3ccccc3)c2)c1=O)c1ccncc1. The molecule has 0 unspecified atom stereocenters. The number of H-pyrrole nitrogens is 1. The summed E-state index contributed by atoms with van der Waals surface area (Å²) in [6, 6.07) is 31.1. The highest BCUT2D eigenvalue weighted by molar-refractivity contribution is 6.37. The van der Waals surface area contributed by atoms with E-state index in [1.807, 2.05) is 0 Å². The van der Waals surface area contributed by atoms with Crippen LogP contribution in [0.4, 0.5) is 21.9 Å². The van der Waals surface area contributed by atoms with Gasteiger partial charge in [-0.05, 0) is 96.1 Å². The summed E-state index contributed by atoms with van der Waals surface area (Å²) in [5, 5.41) is 18.4. The number of carbonyl (C=O) groups excluding carboxylic acids is 5. The van der Waals surface area contributed by atoms with Gasteiger partial charge in [-0.3, -0.25) is 39.3 Å². The number of carbonyl (C=O) groups is 5. The molecular weight excluding hydrogens is 755 g/mol. The lowest BCUT2D eigenvalue weighted by molar-refractivity contribution is -0.122. The number of aromatic amines is 1. The highest BCUT2D eigenvalue weighted by Crippen LogP contribution is 2.26. The van der Waals surface area contributed by atoms with Gasteiger partial charge in [-0.15, -0.1) is 0 Å². The van der Waals surface area contributed by atoms with Gasteiger partial charge in [0.25, 0.3) is 29.2 Å². The number of rotatable bonds is 10. The molecule has 6 aromatic rings. The Hall–Kier alpha value is -8.72. The van der Waals surface area contributed by atoms with E-state index in [0.717, 1.165) is 9.47 Å². The number of benzene rings is 4. The molecule has 0 spiro atoms. The van der Waals surface area contributed by atoms with E-state index in [2.05, 4.69) is 25.9 Å². The summed E-state index contributed by atoms with van der Waals surface area (Å²) < 4.78 is 0.786. The van der Waals surface area contributed by atoms with Crippen molar-refractivity contribution in [3.8, 4) is 11.6 Å². The van der Waals surface area contributed by atoms with Crippen LogP contribution in [0.3, 0.4) is 0 Å². The molecule has 2 aromatic heterocycles. The Morgan fingerprint density at radius 2 is 1.25 bits per heavy atom. The number of barbiturate groups is 1. The lowest BCUT2D eigenvalue weighted by Crippen LogP contribution is -2.54. The number of nitrogens with zero attached hydrogens (tertiary/aromatic N) is 3. The Kier molecular flexibility index (Phi) is 11.1. The molecule has 6 amide bonds. The Balaban J connectivity index is 1.19. The zero-order valence-electron chi connectivity index (χ0n) is 30.7. The number of allylic oxidation sites excluding steroid dienone is 4. The molecule has 1 saturated heterocycles. The maximum atomic E-state index is 13.8. The number of amides is 6. The largest absolute Gasteiger partial charge is 0.494 e. The highest BCUT2D eigenvalue weighted by Gasteiger charge is 2.36. The van der Waals surface area contributed by atoms with E-state index in [9.17, 15) is 38.7 Å². The summed E-state index contributed by atoms with van der Waals surface area (Å²) >= 11 is 0. The standard InChI is InChI=1S/C44H31N7O8/c52-37(29-9-3-1-4-10-29)46-31-13-7-15-33(25-31)50-41(56)35(39(54)48-43(50)58)19-17-27(28-21-23-45-24-22-28)18-20-36-40(55)49-44(59)51(42(36)57)34-16-8-14-32(26-34)47-38(53)30-11-5-2-6-12-30/h1-26,54H,(H,46,52)(H,47,53)(H,48,58)(H,49,55,59)/b19-17+,27-18-,36-20-. The van der Waals surface area contributed by atoms with Gasteiger partial charge in [-0.2, -0.15) is 0 Å². The summed E-state index contributed by atoms with van der Waals surface area (Å²) in [6.45, 7) is 0. The molecule has 15 nitrogen and oxygen atoms in total. The summed E-state index contributed by atoms with van der Waals surface area (Å²) in [4.78, 5) is 99.2. The predicted octanol–water partition coefficient (Wildman–Crippen LogP) is 5.44. The van der Waals surface area contributed by atoms with Gasteiger partial charge in [-0.1, -0.05) is 60.7 Å². The number of pyridine rings is 1. The first-order valence-electron chi connectivity index (χ1n) is 17.8. The number of imide groups is 2. The third-order valence-electron chi connectivity index (χ3n) is 8.89. The Morgan fingerprint density at radius 1 is 0.678 bits per heavy atom. The van der Waals surface area contributed by atoms with Gasteiger partial charge in [-0.25, -0.2) is 19.1 Å². The monoisotopic (exact) mass is 785 g/mol. The van der Waals surface area contributed by atoms with Gasteiger partial charge in [0.15, 0.2) is 0 Å². The highest BCUT2D eigenvalue weighted by atomic mass is 16.3. The fourth-order valence-electron chi connectivity index (χ4n) is 6.00. The third-order valence-corrected chi connectivity index (χ3v) is 8.89. The minimum absolute atomic E-state index is 0.0731. The lowest BCUT2D eigenvalue weighted by atomic mass is 10.0. The van der Waals surface area contributed by atoms with Crippen LogP contribution in [-0.4, -0.2) is 49.3 Å². The fourth-order valence-corrected chi connectivity index (χ4v) is 6.00. The van der Waals surface area contributed by atoms with Crippen molar-refractivity contribution >= 4 is 58.4 Å². The van der Waals surface area contributed by atoms with Crippen molar-refractivity contribution in [1.29, 1.82) is 0 Å². The van der Waals surface area contributed by atoms with Gasteiger partial charge in [0.05, 0.1) is 11.4 Å². The number of urea groups is 1. The van der Waals surface area contributed by atoms with Crippen LogP contribution in [-0.2, 0) is 9.59 Å². The second kappa shape index (κ2) is 17.0. The van der Waals surface area contributed by atoms with Crippen molar-refractivity contribution < 1.29 is 29.1 Å². The molecule has 3 heterocycles. The van der Waals surface area contributed by atoms with Crippen LogP contribution >= 0.6 is 0 Å². The zero-order valence-corrected chi connectivity index (χ0v) is 30.7. The average molecular weight is 786 g/mol. The first kappa shape index (κ1) is 38.6. The van der Waals surface area contributed by atoms with Gasteiger partial charge < -0.3 is 15.7 Å². The fraction of sp³-hybridized carbons (Fsp3) is 0. The summed E-state index contributed by atoms with van der Waals surface area (Å²) in [5.41, 5.74) is -0.219. The maximum absolute atomic E-state index is 13.8. The number of hydrogen-bond donors (Lipinski definition) is 5.